The second-order valence-corrected chi connectivity index (χ2v) is 3.25. The zero-order chi connectivity index (χ0) is 10.0. The number of aldehydes is 1. The molecular formula is C7H7Cl2N3O. The highest BCUT2D eigenvalue weighted by Crippen LogP contribution is 2.21. The fourth-order valence-electron chi connectivity index (χ4n) is 0.703. The molecule has 0 unspecified atom stereocenters. The van der Waals surface area contributed by atoms with Gasteiger partial charge in [-0.25, -0.2) is 9.97 Å². The molecule has 1 heterocycles. The maximum atomic E-state index is 10.5. The molecule has 0 aromatic carbocycles. The Balaban J connectivity index is 3.28. The van der Waals surface area contributed by atoms with Gasteiger partial charge in [0, 0.05) is 14.1 Å². The van der Waals surface area contributed by atoms with Crippen LogP contribution in [-0.4, -0.2) is 30.3 Å². The Morgan fingerprint density at radius 2 is 1.69 bits per heavy atom. The fourth-order valence-corrected chi connectivity index (χ4v) is 1.17. The SMILES string of the molecule is CN(C)c1nc(Cl)c(C=O)c(Cl)n1. The summed E-state index contributed by atoms with van der Waals surface area (Å²) in [6.07, 6.45) is 0.532. The molecule has 1 rings (SSSR count). The Labute approximate surface area is 85.5 Å². The highest BCUT2D eigenvalue weighted by atomic mass is 35.5. The summed E-state index contributed by atoms with van der Waals surface area (Å²) >= 11 is 11.4. The predicted octanol–water partition coefficient (Wildman–Crippen LogP) is 1.66. The van der Waals surface area contributed by atoms with Gasteiger partial charge >= 0.3 is 0 Å². The number of hydrogen-bond donors (Lipinski definition) is 0. The molecule has 0 N–H and O–H groups in total. The van der Waals surface area contributed by atoms with Crippen LogP contribution in [0.1, 0.15) is 10.4 Å². The van der Waals surface area contributed by atoms with Crippen molar-refractivity contribution < 1.29 is 4.79 Å². The van der Waals surface area contributed by atoms with E-state index in [0.717, 1.165) is 0 Å². The topological polar surface area (TPSA) is 46.1 Å². The predicted molar refractivity (Wildman–Crippen MR) is 51.8 cm³/mol. The van der Waals surface area contributed by atoms with Gasteiger partial charge in [0.2, 0.25) is 5.95 Å². The highest BCUT2D eigenvalue weighted by molar-refractivity contribution is 6.37. The molecule has 6 heteroatoms. The summed E-state index contributed by atoms with van der Waals surface area (Å²) in [7, 11) is 3.51. The molecule has 13 heavy (non-hydrogen) atoms. The number of aromatic nitrogens is 2. The van der Waals surface area contributed by atoms with Gasteiger partial charge in [0.15, 0.2) is 6.29 Å². The Bertz CT molecular complexity index is 318. The molecule has 1 aromatic rings. The van der Waals surface area contributed by atoms with Crippen molar-refractivity contribution in [2.45, 2.75) is 0 Å². The van der Waals surface area contributed by atoms with Gasteiger partial charge in [-0.1, -0.05) is 23.2 Å². The fraction of sp³-hybridized carbons (Fsp3) is 0.286. The third-order valence-electron chi connectivity index (χ3n) is 1.36. The van der Waals surface area contributed by atoms with Crippen LogP contribution in [0, 0.1) is 0 Å². The van der Waals surface area contributed by atoms with Gasteiger partial charge < -0.3 is 4.90 Å². The average molecular weight is 220 g/mol. The lowest BCUT2D eigenvalue weighted by atomic mass is 10.4. The summed E-state index contributed by atoms with van der Waals surface area (Å²) in [5.41, 5.74) is 0.119. The minimum absolute atomic E-state index is 0.0682. The molecular weight excluding hydrogens is 213 g/mol. The van der Waals surface area contributed by atoms with E-state index in [2.05, 4.69) is 9.97 Å². The molecule has 0 fully saturated rings. The van der Waals surface area contributed by atoms with Crippen molar-refractivity contribution in [3.05, 3.63) is 15.9 Å². The first kappa shape index (κ1) is 10.2. The first-order chi connectivity index (χ1) is 6.06. The Kier molecular flexibility index (Phi) is 3.06. The molecule has 70 valence electrons. The lowest BCUT2D eigenvalue weighted by Crippen LogP contribution is -2.13. The van der Waals surface area contributed by atoms with Crippen molar-refractivity contribution >= 4 is 35.4 Å². The van der Waals surface area contributed by atoms with E-state index in [0.29, 0.717) is 12.2 Å². The molecule has 0 aliphatic heterocycles. The minimum Gasteiger partial charge on any atom is -0.347 e. The third-order valence-corrected chi connectivity index (χ3v) is 1.93. The molecule has 0 atom stereocenters. The second kappa shape index (κ2) is 3.89. The van der Waals surface area contributed by atoms with Gasteiger partial charge in [0.25, 0.3) is 0 Å². The average Bonchev–Trinajstić information content (AvgIpc) is 2.03. The number of nitrogens with zero attached hydrogens (tertiary/aromatic N) is 3. The first-order valence-electron chi connectivity index (χ1n) is 3.41. The van der Waals surface area contributed by atoms with Crippen LogP contribution in [0.25, 0.3) is 0 Å². The molecule has 0 radical (unpaired) electrons. The molecule has 0 aliphatic carbocycles. The van der Waals surface area contributed by atoms with E-state index in [1.54, 1.807) is 19.0 Å². The van der Waals surface area contributed by atoms with E-state index in [-0.39, 0.29) is 15.9 Å². The number of anilines is 1. The largest absolute Gasteiger partial charge is 0.347 e. The van der Waals surface area contributed by atoms with Gasteiger partial charge in [0.1, 0.15) is 10.3 Å². The maximum Gasteiger partial charge on any atom is 0.227 e. The number of carbonyl (C=O) groups excluding carboxylic acids is 1. The van der Waals surface area contributed by atoms with Crippen molar-refractivity contribution in [3.63, 3.8) is 0 Å². The maximum absolute atomic E-state index is 10.5. The molecule has 0 amide bonds. The van der Waals surface area contributed by atoms with Crippen LogP contribution in [0.2, 0.25) is 10.3 Å². The van der Waals surface area contributed by atoms with E-state index >= 15 is 0 Å². The summed E-state index contributed by atoms with van der Waals surface area (Å²) < 4.78 is 0. The Hall–Kier alpha value is -0.870. The van der Waals surface area contributed by atoms with E-state index in [1.165, 1.54) is 0 Å². The van der Waals surface area contributed by atoms with Gasteiger partial charge in [0.05, 0.1) is 5.56 Å². The lowest BCUT2D eigenvalue weighted by Gasteiger charge is -2.10. The van der Waals surface area contributed by atoms with Crippen LogP contribution in [-0.2, 0) is 0 Å². The quantitative estimate of drug-likeness (QED) is 0.561. The van der Waals surface area contributed by atoms with E-state index in [9.17, 15) is 4.79 Å². The number of carbonyl (C=O) groups is 1. The van der Waals surface area contributed by atoms with Crippen LogP contribution >= 0.6 is 23.2 Å². The van der Waals surface area contributed by atoms with Gasteiger partial charge in [-0.2, -0.15) is 0 Å². The molecule has 0 aliphatic rings. The summed E-state index contributed by atoms with van der Waals surface area (Å²) in [6, 6.07) is 0. The molecule has 0 bridgehead atoms. The lowest BCUT2D eigenvalue weighted by molar-refractivity contribution is 0.112. The van der Waals surface area contributed by atoms with Crippen LogP contribution < -0.4 is 4.90 Å². The smallest absolute Gasteiger partial charge is 0.227 e. The van der Waals surface area contributed by atoms with Crippen molar-refractivity contribution in [1.82, 2.24) is 9.97 Å². The second-order valence-electron chi connectivity index (χ2n) is 2.53. The van der Waals surface area contributed by atoms with Crippen LogP contribution in [0.5, 0.6) is 0 Å². The van der Waals surface area contributed by atoms with Crippen LogP contribution in [0.3, 0.4) is 0 Å². The molecule has 1 aromatic heterocycles. The highest BCUT2D eigenvalue weighted by Gasteiger charge is 2.11. The van der Waals surface area contributed by atoms with Crippen molar-refractivity contribution in [2.24, 2.45) is 0 Å². The summed E-state index contributed by atoms with van der Waals surface area (Å²) in [5.74, 6) is 0.376. The summed E-state index contributed by atoms with van der Waals surface area (Å²) in [5, 5.41) is 0.136. The van der Waals surface area contributed by atoms with Crippen molar-refractivity contribution in [1.29, 1.82) is 0 Å². The van der Waals surface area contributed by atoms with Crippen LogP contribution in [0.4, 0.5) is 5.95 Å². The van der Waals surface area contributed by atoms with Gasteiger partial charge in [-0.05, 0) is 0 Å². The van der Waals surface area contributed by atoms with Gasteiger partial charge in [-0.3, -0.25) is 4.79 Å². The summed E-state index contributed by atoms with van der Waals surface area (Å²) in [4.78, 5) is 19.8. The minimum atomic E-state index is 0.0682. The van der Waals surface area contributed by atoms with Crippen molar-refractivity contribution in [2.75, 3.05) is 19.0 Å². The van der Waals surface area contributed by atoms with E-state index < -0.39 is 0 Å². The standard InChI is InChI=1S/C7H7Cl2N3O/c1-12(2)7-10-5(8)4(3-13)6(9)11-7/h3H,1-2H3. The third kappa shape index (κ3) is 2.08. The zero-order valence-electron chi connectivity index (χ0n) is 7.08. The van der Waals surface area contributed by atoms with Crippen LogP contribution in [0.15, 0.2) is 0 Å². The monoisotopic (exact) mass is 219 g/mol. The molecule has 0 saturated heterocycles. The molecule has 0 saturated carbocycles. The molecule has 0 spiro atoms. The van der Waals surface area contributed by atoms with E-state index in [1.807, 2.05) is 0 Å². The number of rotatable bonds is 2. The van der Waals surface area contributed by atoms with E-state index in [4.69, 9.17) is 23.2 Å². The molecule has 4 nitrogen and oxygen atoms in total. The number of hydrogen-bond acceptors (Lipinski definition) is 4. The van der Waals surface area contributed by atoms with Crippen molar-refractivity contribution in [3.8, 4) is 0 Å². The first-order valence-corrected chi connectivity index (χ1v) is 4.17. The normalized spacial score (nSPS) is 9.85. The Morgan fingerprint density at radius 3 is 2.00 bits per heavy atom. The number of halogens is 2. The zero-order valence-corrected chi connectivity index (χ0v) is 8.60. The Morgan fingerprint density at radius 1 is 1.23 bits per heavy atom. The van der Waals surface area contributed by atoms with Gasteiger partial charge in [-0.15, -0.1) is 0 Å². The summed E-state index contributed by atoms with van der Waals surface area (Å²) in [6.45, 7) is 0.